The molecule has 0 rings (SSSR count). The lowest BCUT2D eigenvalue weighted by atomic mass is 10.1. The van der Waals surface area contributed by atoms with Crippen molar-refractivity contribution in [3.8, 4) is 0 Å². The van der Waals surface area contributed by atoms with Gasteiger partial charge in [0.15, 0.2) is 0 Å². The van der Waals surface area contributed by atoms with Crippen LogP contribution in [0.15, 0.2) is 0 Å². The van der Waals surface area contributed by atoms with Crippen LogP contribution in [0.3, 0.4) is 0 Å². The molecule has 0 aliphatic rings. The summed E-state index contributed by atoms with van der Waals surface area (Å²) in [5, 5.41) is 8.35. The van der Waals surface area contributed by atoms with Crippen molar-refractivity contribution in [1.82, 2.24) is 0 Å². The molecule has 0 saturated carbocycles. The van der Waals surface area contributed by atoms with Crippen LogP contribution in [0, 0.1) is 0 Å². The van der Waals surface area contributed by atoms with E-state index in [0.717, 1.165) is 19.3 Å². The summed E-state index contributed by atoms with van der Waals surface area (Å²) < 4.78 is 0. The lowest BCUT2D eigenvalue weighted by molar-refractivity contribution is -0.137. The molecular formula is C15H33NO2. The predicted octanol–water partition coefficient (Wildman–Crippen LogP) is 4.35. The molecule has 18 heavy (non-hydrogen) atoms. The van der Waals surface area contributed by atoms with Gasteiger partial charge in [0, 0.05) is 12.0 Å². The Labute approximate surface area is 113 Å². The average molecular weight is 259 g/mol. The zero-order chi connectivity index (χ0) is 14.4. The van der Waals surface area contributed by atoms with Gasteiger partial charge in [-0.15, -0.1) is 0 Å². The molecule has 0 amide bonds. The lowest BCUT2D eigenvalue weighted by Crippen LogP contribution is -2.30. The second-order valence-corrected chi connectivity index (χ2v) is 5.61. The van der Waals surface area contributed by atoms with Crippen molar-refractivity contribution >= 4 is 5.97 Å². The van der Waals surface area contributed by atoms with Crippen LogP contribution in [0.25, 0.3) is 0 Å². The molecule has 110 valence electrons. The number of carboxylic acids is 1. The van der Waals surface area contributed by atoms with E-state index in [1.54, 1.807) is 0 Å². The van der Waals surface area contributed by atoms with Crippen molar-refractivity contribution in [3.05, 3.63) is 0 Å². The van der Waals surface area contributed by atoms with Crippen molar-refractivity contribution in [1.29, 1.82) is 0 Å². The van der Waals surface area contributed by atoms with Crippen molar-refractivity contribution in [2.45, 2.75) is 91.0 Å². The highest BCUT2D eigenvalue weighted by molar-refractivity contribution is 5.66. The number of hydrogen-bond acceptors (Lipinski definition) is 2. The van der Waals surface area contributed by atoms with E-state index in [9.17, 15) is 4.79 Å². The van der Waals surface area contributed by atoms with Crippen LogP contribution in [0.1, 0.15) is 85.5 Å². The zero-order valence-corrected chi connectivity index (χ0v) is 12.8. The molecule has 0 heterocycles. The summed E-state index contributed by atoms with van der Waals surface area (Å²) in [7, 11) is 0. The molecule has 0 aromatic heterocycles. The van der Waals surface area contributed by atoms with Crippen LogP contribution >= 0.6 is 0 Å². The minimum absolute atomic E-state index is 0.0417. The van der Waals surface area contributed by atoms with Crippen molar-refractivity contribution in [3.63, 3.8) is 0 Å². The van der Waals surface area contributed by atoms with Crippen LogP contribution in [-0.4, -0.2) is 16.6 Å². The SMILES string of the molecule is CCC(C)(C)N.CCCCCCCCCC(=O)O. The van der Waals surface area contributed by atoms with Crippen molar-refractivity contribution < 1.29 is 9.90 Å². The average Bonchev–Trinajstić information content (AvgIpc) is 2.27. The summed E-state index contributed by atoms with van der Waals surface area (Å²) in [5.74, 6) is -0.663. The fourth-order valence-corrected chi connectivity index (χ4v) is 1.23. The predicted molar refractivity (Wildman–Crippen MR) is 78.8 cm³/mol. The highest BCUT2D eigenvalue weighted by Crippen LogP contribution is 2.07. The van der Waals surface area contributed by atoms with Crippen LogP contribution in [0.4, 0.5) is 0 Å². The number of carbonyl (C=O) groups is 1. The topological polar surface area (TPSA) is 63.3 Å². The Balaban J connectivity index is 0. The highest BCUT2D eigenvalue weighted by atomic mass is 16.4. The van der Waals surface area contributed by atoms with Gasteiger partial charge in [-0.05, 0) is 26.7 Å². The summed E-state index contributed by atoms with van der Waals surface area (Å²) in [6.07, 6.45) is 9.69. The number of rotatable bonds is 9. The Morgan fingerprint density at radius 1 is 1.00 bits per heavy atom. The monoisotopic (exact) mass is 259 g/mol. The lowest BCUT2D eigenvalue weighted by Gasteiger charge is -2.13. The normalized spacial score (nSPS) is 10.7. The fraction of sp³-hybridized carbons (Fsp3) is 0.933. The molecule has 0 spiro atoms. The molecular weight excluding hydrogens is 226 g/mol. The van der Waals surface area contributed by atoms with Gasteiger partial charge in [-0.25, -0.2) is 0 Å². The Kier molecular flexibility index (Phi) is 14.1. The van der Waals surface area contributed by atoms with Gasteiger partial charge in [-0.1, -0.05) is 52.4 Å². The molecule has 0 aliphatic heterocycles. The maximum absolute atomic E-state index is 10.1. The van der Waals surface area contributed by atoms with E-state index in [2.05, 4.69) is 13.8 Å². The Hall–Kier alpha value is -0.570. The highest BCUT2D eigenvalue weighted by Gasteiger charge is 2.03. The molecule has 0 fully saturated rings. The van der Waals surface area contributed by atoms with Gasteiger partial charge in [0.1, 0.15) is 0 Å². The summed E-state index contributed by atoms with van der Waals surface area (Å²) in [6, 6.07) is 0. The largest absolute Gasteiger partial charge is 0.481 e. The molecule has 3 nitrogen and oxygen atoms in total. The van der Waals surface area contributed by atoms with E-state index in [-0.39, 0.29) is 5.54 Å². The maximum atomic E-state index is 10.1. The summed E-state index contributed by atoms with van der Waals surface area (Å²) in [4.78, 5) is 10.1. The molecule has 0 bridgehead atoms. The zero-order valence-electron chi connectivity index (χ0n) is 12.8. The van der Waals surface area contributed by atoms with Crippen molar-refractivity contribution in [2.24, 2.45) is 5.73 Å². The number of carboxylic acid groups (broad SMARTS) is 1. The van der Waals surface area contributed by atoms with Gasteiger partial charge in [-0.2, -0.15) is 0 Å². The van der Waals surface area contributed by atoms with E-state index in [1.807, 2.05) is 13.8 Å². The first-order chi connectivity index (χ1) is 8.33. The third kappa shape index (κ3) is 24.6. The van der Waals surface area contributed by atoms with E-state index in [1.165, 1.54) is 32.1 Å². The second kappa shape index (κ2) is 12.9. The van der Waals surface area contributed by atoms with Gasteiger partial charge in [0.2, 0.25) is 0 Å². The molecule has 0 aromatic rings. The van der Waals surface area contributed by atoms with Crippen LogP contribution < -0.4 is 5.73 Å². The van der Waals surface area contributed by atoms with Crippen LogP contribution in [-0.2, 0) is 4.79 Å². The number of aliphatic carboxylic acids is 1. The van der Waals surface area contributed by atoms with Crippen LogP contribution in [0.2, 0.25) is 0 Å². The van der Waals surface area contributed by atoms with E-state index < -0.39 is 5.97 Å². The van der Waals surface area contributed by atoms with Gasteiger partial charge >= 0.3 is 5.97 Å². The Morgan fingerprint density at radius 2 is 1.39 bits per heavy atom. The molecule has 0 radical (unpaired) electrons. The second-order valence-electron chi connectivity index (χ2n) is 5.61. The molecule has 0 aliphatic carbocycles. The first kappa shape index (κ1) is 19.8. The summed E-state index contributed by atoms with van der Waals surface area (Å²) in [5.41, 5.74) is 5.58. The quantitative estimate of drug-likeness (QED) is 0.605. The fourth-order valence-electron chi connectivity index (χ4n) is 1.23. The third-order valence-corrected chi connectivity index (χ3v) is 2.91. The van der Waals surface area contributed by atoms with Gasteiger partial charge in [0.25, 0.3) is 0 Å². The molecule has 0 atom stereocenters. The maximum Gasteiger partial charge on any atom is 0.303 e. The first-order valence-corrected chi connectivity index (χ1v) is 7.34. The third-order valence-electron chi connectivity index (χ3n) is 2.91. The number of hydrogen-bond donors (Lipinski definition) is 2. The molecule has 3 heteroatoms. The Bertz CT molecular complexity index is 185. The molecule has 0 aromatic carbocycles. The van der Waals surface area contributed by atoms with E-state index in [0.29, 0.717) is 6.42 Å². The summed E-state index contributed by atoms with van der Waals surface area (Å²) >= 11 is 0. The van der Waals surface area contributed by atoms with E-state index >= 15 is 0 Å². The van der Waals surface area contributed by atoms with E-state index in [4.69, 9.17) is 10.8 Å². The molecule has 0 saturated heterocycles. The minimum atomic E-state index is -0.663. The molecule has 0 unspecified atom stereocenters. The Morgan fingerprint density at radius 3 is 1.72 bits per heavy atom. The van der Waals surface area contributed by atoms with Gasteiger partial charge in [-0.3, -0.25) is 4.79 Å². The van der Waals surface area contributed by atoms with Crippen LogP contribution in [0.5, 0.6) is 0 Å². The number of unbranched alkanes of at least 4 members (excludes halogenated alkanes) is 6. The van der Waals surface area contributed by atoms with Crippen molar-refractivity contribution in [2.75, 3.05) is 0 Å². The number of nitrogens with two attached hydrogens (primary N) is 1. The van der Waals surface area contributed by atoms with Gasteiger partial charge < -0.3 is 10.8 Å². The first-order valence-electron chi connectivity index (χ1n) is 7.34. The smallest absolute Gasteiger partial charge is 0.303 e. The molecule has 3 N–H and O–H groups in total. The standard InChI is InChI=1S/C10H20O2.C5H13N/c1-2-3-4-5-6-7-8-9-10(11)12;1-4-5(2,3)6/h2-9H2,1H3,(H,11,12);4,6H2,1-3H3. The summed E-state index contributed by atoms with van der Waals surface area (Å²) in [6.45, 7) is 8.32. The van der Waals surface area contributed by atoms with Gasteiger partial charge in [0.05, 0.1) is 0 Å². The minimum Gasteiger partial charge on any atom is -0.481 e.